The number of ketones is 1. The van der Waals surface area contributed by atoms with E-state index >= 15 is 0 Å². The summed E-state index contributed by atoms with van der Waals surface area (Å²) in [6, 6.07) is 9.08. The predicted molar refractivity (Wildman–Crippen MR) is 78.6 cm³/mol. The zero-order valence-electron chi connectivity index (χ0n) is 12.3. The molecule has 0 radical (unpaired) electrons. The molecule has 1 aromatic carbocycles. The second-order valence-corrected chi connectivity index (χ2v) is 5.63. The zero-order chi connectivity index (χ0) is 16.0. The van der Waals surface area contributed by atoms with Crippen molar-refractivity contribution in [3.8, 4) is 0 Å². The van der Waals surface area contributed by atoms with Gasteiger partial charge in [-0.3, -0.25) is 14.4 Å². The average molecular weight is 299 g/mol. The Morgan fingerprint density at radius 3 is 2.68 bits per heavy atom. The fourth-order valence-corrected chi connectivity index (χ4v) is 3.82. The van der Waals surface area contributed by atoms with Crippen LogP contribution in [0.5, 0.6) is 0 Å². The summed E-state index contributed by atoms with van der Waals surface area (Å²) in [5.74, 6) is -2.29. The van der Waals surface area contributed by atoms with E-state index < -0.39 is 28.6 Å². The maximum absolute atomic E-state index is 12.6. The lowest BCUT2D eigenvalue weighted by atomic mass is 9.46. The van der Waals surface area contributed by atoms with Crippen LogP contribution >= 0.6 is 0 Å². The molecule has 1 aliphatic heterocycles. The lowest BCUT2D eigenvalue weighted by molar-refractivity contribution is -0.177. The molecule has 22 heavy (non-hydrogen) atoms. The van der Waals surface area contributed by atoms with Gasteiger partial charge in [-0.25, -0.2) is 0 Å². The number of Topliss-reactive ketones (excluding diaryl/α,β-unsaturated/α-hetero) is 1. The molecule has 3 rings (SSSR count). The Morgan fingerprint density at radius 2 is 2.09 bits per heavy atom. The highest BCUT2D eigenvalue weighted by atomic mass is 16.5. The molecule has 3 atom stereocenters. The van der Waals surface area contributed by atoms with Crippen molar-refractivity contribution in [3.05, 3.63) is 48.6 Å². The van der Waals surface area contributed by atoms with Crippen LogP contribution in [0.1, 0.15) is 18.9 Å². The van der Waals surface area contributed by atoms with E-state index in [0.717, 1.165) is 5.56 Å². The largest absolute Gasteiger partial charge is 0.465 e. The van der Waals surface area contributed by atoms with Gasteiger partial charge in [0.25, 0.3) is 5.91 Å². The number of hydrogen-bond acceptors (Lipinski definition) is 4. The van der Waals surface area contributed by atoms with Gasteiger partial charge >= 0.3 is 5.97 Å². The Kier molecular flexibility index (Phi) is 3.16. The van der Waals surface area contributed by atoms with Gasteiger partial charge in [-0.05, 0) is 18.9 Å². The molecule has 0 bridgehead atoms. The molecular weight excluding hydrogens is 282 g/mol. The number of rotatable bonds is 4. The van der Waals surface area contributed by atoms with Crippen LogP contribution in [0.2, 0.25) is 0 Å². The monoisotopic (exact) mass is 299 g/mol. The summed E-state index contributed by atoms with van der Waals surface area (Å²) >= 11 is 0. The molecular formula is C17H17NO4. The molecule has 2 aliphatic rings. The summed E-state index contributed by atoms with van der Waals surface area (Å²) in [4.78, 5) is 37.1. The standard InChI is InChI=1S/C17H17NO4/c1-3-11-10-16(15(21)22-4-2)13(19)14(20)18-17(11,16)12-8-6-5-7-9-12/h3,5-9,11H,1,4,10H2,2H3,(H,18,20)/t11-,16+,17-/m1/s1. The van der Waals surface area contributed by atoms with Gasteiger partial charge in [-0.15, -0.1) is 6.58 Å². The Hall–Kier alpha value is -2.43. The number of ether oxygens (including phenoxy) is 1. The molecule has 5 nitrogen and oxygen atoms in total. The average Bonchev–Trinajstić information content (AvgIpc) is 2.68. The Balaban J connectivity index is 2.21. The maximum atomic E-state index is 12.6. The molecule has 1 amide bonds. The number of carbonyl (C=O) groups is 3. The highest BCUT2D eigenvalue weighted by Gasteiger charge is 2.79. The Bertz CT molecular complexity index is 668. The number of hydrogen-bond donors (Lipinski definition) is 1. The summed E-state index contributed by atoms with van der Waals surface area (Å²) in [5, 5.41) is 2.75. The van der Waals surface area contributed by atoms with Crippen molar-refractivity contribution in [2.24, 2.45) is 11.3 Å². The summed E-state index contributed by atoms with van der Waals surface area (Å²) in [7, 11) is 0. The van der Waals surface area contributed by atoms with Crippen LogP contribution in [-0.2, 0) is 24.7 Å². The second-order valence-electron chi connectivity index (χ2n) is 5.63. The van der Waals surface area contributed by atoms with E-state index in [1.807, 2.05) is 30.3 Å². The zero-order valence-corrected chi connectivity index (χ0v) is 12.3. The topological polar surface area (TPSA) is 72.5 Å². The number of amides is 1. The first-order valence-corrected chi connectivity index (χ1v) is 7.27. The quantitative estimate of drug-likeness (QED) is 0.394. The van der Waals surface area contributed by atoms with Crippen LogP contribution in [-0.4, -0.2) is 24.3 Å². The second kappa shape index (κ2) is 4.80. The van der Waals surface area contributed by atoms with Gasteiger partial charge in [0.1, 0.15) is 0 Å². The Labute approximate surface area is 128 Å². The highest BCUT2D eigenvalue weighted by Crippen LogP contribution is 2.64. The van der Waals surface area contributed by atoms with E-state index in [1.54, 1.807) is 13.0 Å². The minimum atomic E-state index is -1.49. The number of benzene rings is 1. The third-order valence-electron chi connectivity index (χ3n) is 4.80. The molecule has 1 heterocycles. The molecule has 1 aromatic rings. The highest BCUT2D eigenvalue weighted by molar-refractivity contribution is 6.45. The summed E-state index contributed by atoms with van der Waals surface area (Å²) in [6.45, 7) is 5.62. The fourth-order valence-electron chi connectivity index (χ4n) is 3.82. The van der Waals surface area contributed by atoms with Gasteiger partial charge in [0.15, 0.2) is 5.41 Å². The molecule has 1 aliphatic carbocycles. The van der Waals surface area contributed by atoms with Crippen LogP contribution < -0.4 is 5.32 Å². The first-order chi connectivity index (χ1) is 10.5. The van der Waals surface area contributed by atoms with Crippen molar-refractivity contribution < 1.29 is 19.1 Å². The van der Waals surface area contributed by atoms with Crippen molar-refractivity contribution in [1.82, 2.24) is 5.32 Å². The van der Waals surface area contributed by atoms with Crippen molar-refractivity contribution in [2.45, 2.75) is 18.9 Å². The Morgan fingerprint density at radius 1 is 1.41 bits per heavy atom. The smallest absolute Gasteiger partial charge is 0.323 e. The van der Waals surface area contributed by atoms with Crippen LogP contribution in [0.3, 0.4) is 0 Å². The first kappa shape index (κ1) is 14.5. The van der Waals surface area contributed by atoms with Gasteiger partial charge < -0.3 is 10.1 Å². The van der Waals surface area contributed by atoms with E-state index in [2.05, 4.69) is 11.9 Å². The number of carbonyl (C=O) groups excluding carboxylic acids is 3. The third-order valence-corrected chi connectivity index (χ3v) is 4.80. The molecule has 1 saturated carbocycles. The molecule has 5 heteroatoms. The molecule has 0 aromatic heterocycles. The number of fused-ring (bicyclic) bond motifs is 1. The number of esters is 1. The lowest BCUT2D eigenvalue weighted by Gasteiger charge is -2.56. The lowest BCUT2D eigenvalue weighted by Crippen LogP contribution is -2.68. The van der Waals surface area contributed by atoms with Crippen molar-refractivity contribution in [3.63, 3.8) is 0 Å². The normalized spacial score (nSPS) is 32.7. The van der Waals surface area contributed by atoms with Gasteiger partial charge in [0.05, 0.1) is 12.1 Å². The predicted octanol–water partition coefficient (Wildman–Crippen LogP) is 1.34. The minimum Gasteiger partial charge on any atom is -0.465 e. The van der Waals surface area contributed by atoms with Gasteiger partial charge in [0, 0.05) is 5.92 Å². The van der Waals surface area contributed by atoms with E-state index in [0.29, 0.717) is 0 Å². The molecule has 0 spiro atoms. The van der Waals surface area contributed by atoms with Crippen molar-refractivity contribution in [2.75, 3.05) is 6.61 Å². The minimum absolute atomic E-state index is 0.158. The van der Waals surface area contributed by atoms with E-state index in [-0.39, 0.29) is 18.9 Å². The molecule has 1 saturated heterocycles. The number of nitrogens with one attached hydrogen (secondary N) is 1. The molecule has 2 fully saturated rings. The summed E-state index contributed by atoms with van der Waals surface area (Å²) in [5.41, 5.74) is -1.85. The van der Waals surface area contributed by atoms with Gasteiger partial charge in [0.2, 0.25) is 5.78 Å². The van der Waals surface area contributed by atoms with Crippen molar-refractivity contribution in [1.29, 1.82) is 0 Å². The SMILES string of the molecule is C=C[C@@H]1C[C@@]2(C(=O)OCC)C(=O)C(=O)N[C@@]12c1ccccc1. The molecule has 0 unspecified atom stereocenters. The summed E-state index contributed by atoms with van der Waals surface area (Å²) < 4.78 is 5.12. The fraction of sp³-hybridized carbons (Fsp3) is 0.353. The van der Waals surface area contributed by atoms with Crippen LogP contribution in [0.25, 0.3) is 0 Å². The van der Waals surface area contributed by atoms with E-state index in [4.69, 9.17) is 4.74 Å². The first-order valence-electron chi connectivity index (χ1n) is 7.27. The van der Waals surface area contributed by atoms with Gasteiger partial charge in [-0.2, -0.15) is 0 Å². The molecule has 1 N–H and O–H groups in total. The van der Waals surface area contributed by atoms with Crippen LogP contribution in [0.4, 0.5) is 0 Å². The van der Waals surface area contributed by atoms with Crippen LogP contribution in [0, 0.1) is 11.3 Å². The van der Waals surface area contributed by atoms with Crippen LogP contribution in [0.15, 0.2) is 43.0 Å². The molecule has 114 valence electrons. The van der Waals surface area contributed by atoms with E-state index in [1.165, 1.54) is 0 Å². The van der Waals surface area contributed by atoms with E-state index in [9.17, 15) is 14.4 Å². The third kappa shape index (κ3) is 1.46. The van der Waals surface area contributed by atoms with Gasteiger partial charge in [-0.1, -0.05) is 36.4 Å². The van der Waals surface area contributed by atoms with Crippen molar-refractivity contribution >= 4 is 17.7 Å². The summed E-state index contributed by atoms with van der Waals surface area (Å²) in [6.07, 6.45) is 1.92. The maximum Gasteiger partial charge on any atom is 0.323 e.